The fourth-order valence-electron chi connectivity index (χ4n) is 4.11. The van der Waals surface area contributed by atoms with Crippen LogP contribution < -0.4 is 21.3 Å². The number of carbonyl (C=O) groups excluding carboxylic acids is 1. The summed E-state index contributed by atoms with van der Waals surface area (Å²) in [4.78, 5) is 40.5. The molecule has 8 nitrogen and oxygen atoms in total. The Bertz CT molecular complexity index is 1170. The quantitative estimate of drug-likeness (QED) is 0.709. The Kier molecular flexibility index (Phi) is 6.11. The normalized spacial score (nSPS) is 16.4. The molecule has 4 rings (SSSR count). The highest BCUT2D eigenvalue weighted by Crippen LogP contribution is 2.38. The molecule has 1 aromatic carbocycles. The van der Waals surface area contributed by atoms with Crippen LogP contribution in [0.15, 0.2) is 21.9 Å². The smallest absolute Gasteiger partial charge is 0.309 e. The maximum Gasteiger partial charge on any atom is 0.309 e. The average Bonchev–Trinajstić information content (AvgIpc) is 2.73. The van der Waals surface area contributed by atoms with Crippen molar-refractivity contribution in [2.24, 2.45) is 10.9 Å². The lowest BCUT2D eigenvalue weighted by Gasteiger charge is -2.34. The highest BCUT2D eigenvalue weighted by molar-refractivity contribution is 6.31. The number of benzene rings is 1. The second-order valence-corrected chi connectivity index (χ2v) is 8.31. The molecule has 0 atom stereocenters. The number of piperidine rings is 1. The first-order chi connectivity index (χ1) is 14.9. The SMILES string of the molecule is C=c1nc2c(c(=O)[nH]1)=Nc1cc(C)c(Cl)cc1N2CCN1CCC(C(=O)OCC)CC1. The fourth-order valence-corrected chi connectivity index (χ4v) is 4.26. The number of aryl methyl sites for hydroxylation is 1. The Morgan fingerprint density at radius 1 is 1.32 bits per heavy atom. The minimum absolute atomic E-state index is 0.0258. The van der Waals surface area contributed by atoms with Gasteiger partial charge in [-0.05, 0) is 57.5 Å². The third-order valence-corrected chi connectivity index (χ3v) is 6.21. The van der Waals surface area contributed by atoms with E-state index in [1.165, 1.54) is 0 Å². The van der Waals surface area contributed by atoms with Crippen LogP contribution in [0.25, 0.3) is 6.58 Å². The van der Waals surface area contributed by atoms with Gasteiger partial charge in [0.2, 0.25) is 0 Å². The Labute approximate surface area is 185 Å². The molecule has 31 heavy (non-hydrogen) atoms. The van der Waals surface area contributed by atoms with Crippen molar-refractivity contribution in [3.8, 4) is 0 Å². The molecule has 0 aliphatic carbocycles. The lowest BCUT2D eigenvalue weighted by Crippen LogP contribution is -2.45. The van der Waals surface area contributed by atoms with Crippen LogP contribution in [0.5, 0.6) is 0 Å². The Balaban J connectivity index is 1.57. The molecule has 0 bridgehead atoms. The van der Waals surface area contributed by atoms with Gasteiger partial charge in [-0.1, -0.05) is 18.2 Å². The second kappa shape index (κ2) is 8.80. The summed E-state index contributed by atoms with van der Waals surface area (Å²) in [5, 5.41) is 0.917. The Morgan fingerprint density at radius 3 is 2.77 bits per heavy atom. The number of hydrogen-bond acceptors (Lipinski definition) is 7. The van der Waals surface area contributed by atoms with Gasteiger partial charge in [-0.15, -0.1) is 0 Å². The number of aromatic amines is 1. The number of nitrogens with zero attached hydrogens (tertiary/aromatic N) is 4. The number of aromatic nitrogens is 2. The van der Waals surface area contributed by atoms with Crippen LogP contribution in [0.1, 0.15) is 25.3 Å². The molecule has 1 fully saturated rings. The third kappa shape index (κ3) is 4.36. The van der Waals surface area contributed by atoms with Crippen molar-refractivity contribution >= 4 is 41.3 Å². The zero-order valence-electron chi connectivity index (χ0n) is 17.8. The molecule has 2 aliphatic rings. The zero-order valence-corrected chi connectivity index (χ0v) is 18.5. The number of H-pyrrole nitrogens is 1. The molecule has 1 aromatic heterocycles. The summed E-state index contributed by atoms with van der Waals surface area (Å²) in [5.74, 6) is 0.365. The summed E-state index contributed by atoms with van der Waals surface area (Å²) < 4.78 is 5.16. The predicted octanol–water partition coefficient (Wildman–Crippen LogP) is 1.82. The first-order valence-electron chi connectivity index (χ1n) is 10.5. The molecule has 164 valence electrons. The van der Waals surface area contributed by atoms with Gasteiger partial charge in [-0.2, -0.15) is 0 Å². The number of esters is 1. The van der Waals surface area contributed by atoms with Gasteiger partial charge in [0.05, 0.1) is 23.9 Å². The number of halogens is 1. The summed E-state index contributed by atoms with van der Waals surface area (Å²) in [6, 6.07) is 3.76. The fraction of sp³-hybridized carbons (Fsp3) is 0.455. The van der Waals surface area contributed by atoms with Gasteiger partial charge in [-0.25, -0.2) is 9.98 Å². The van der Waals surface area contributed by atoms with Gasteiger partial charge in [0.1, 0.15) is 5.48 Å². The molecule has 0 unspecified atom stereocenters. The zero-order chi connectivity index (χ0) is 22.1. The van der Waals surface area contributed by atoms with Crippen LogP contribution in [0, 0.1) is 12.8 Å². The maximum atomic E-state index is 12.5. The highest BCUT2D eigenvalue weighted by Gasteiger charge is 2.28. The van der Waals surface area contributed by atoms with E-state index < -0.39 is 0 Å². The molecule has 9 heteroatoms. The van der Waals surface area contributed by atoms with Gasteiger partial charge in [0, 0.05) is 18.1 Å². The molecule has 2 aliphatic heterocycles. The molecule has 3 heterocycles. The monoisotopic (exact) mass is 443 g/mol. The van der Waals surface area contributed by atoms with E-state index in [-0.39, 0.29) is 22.8 Å². The van der Waals surface area contributed by atoms with Crippen molar-refractivity contribution < 1.29 is 9.53 Å². The predicted molar refractivity (Wildman–Crippen MR) is 120 cm³/mol. The molecule has 1 saturated heterocycles. The first-order valence-corrected chi connectivity index (χ1v) is 10.9. The largest absolute Gasteiger partial charge is 0.466 e. The summed E-state index contributed by atoms with van der Waals surface area (Å²) in [7, 11) is 0. The number of rotatable bonds is 5. The molecular formula is C22H26ClN5O3. The van der Waals surface area contributed by atoms with Crippen LogP contribution in [0.2, 0.25) is 5.02 Å². The first kappa shape index (κ1) is 21.5. The van der Waals surface area contributed by atoms with Crippen molar-refractivity contribution in [2.45, 2.75) is 26.7 Å². The second-order valence-electron chi connectivity index (χ2n) is 7.91. The number of carbonyl (C=O) groups is 1. The summed E-state index contributed by atoms with van der Waals surface area (Å²) in [6.45, 7) is 10.9. The molecule has 0 radical (unpaired) electrons. The lowest BCUT2D eigenvalue weighted by atomic mass is 9.97. The van der Waals surface area contributed by atoms with Crippen molar-refractivity contribution in [2.75, 3.05) is 37.7 Å². The minimum Gasteiger partial charge on any atom is -0.466 e. The van der Waals surface area contributed by atoms with Crippen LogP contribution in [0.4, 0.5) is 17.2 Å². The van der Waals surface area contributed by atoms with Crippen LogP contribution in [-0.2, 0) is 9.53 Å². The van der Waals surface area contributed by atoms with Crippen LogP contribution in [-0.4, -0.2) is 53.6 Å². The van der Waals surface area contributed by atoms with Crippen molar-refractivity contribution in [3.05, 3.63) is 43.9 Å². The number of nitrogens with one attached hydrogen (secondary N) is 1. The van der Waals surface area contributed by atoms with Crippen LogP contribution in [0.3, 0.4) is 0 Å². The number of fused-ring (bicyclic) bond motifs is 2. The lowest BCUT2D eigenvalue weighted by molar-refractivity contribution is -0.149. The van der Waals surface area contributed by atoms with Crippen molar-refractivity contribution in [1.82, 2.24) is 14.9 Å². The van der Waals surface area contributed by atoms with Gasteiger partial charge in [0.25, 0.3) is 5.56 Å². The van der Waals surface area contributed by atoms with Gasteiger partial charge < -0.3 is 19.5 Å². The average molecular weight is 444 g/mol. The van der Waals surface area contributed by atoms with E-state index in [4.69, 9.17) is 16.3 Å². The minimum atomic E-state index is -0.312. The van der Waals surface area contributed by atoms with E-state index in [0.29, 0.717) is 35.2 Å². The topological polar surface area (TPSA) is 90.9 Å². The maximum absolute atomic E-state index is 12.5. The summed E-state index contributed by atoms with van der Waals surface area (Å²) in [5.41, 5.74) is 2.39. The van der Waals surface area contributed by atoms with E-state index in [1.54, 1.807) is 0 Å². The van der Waals surface area contributed by atoms with E-state index in [9.17, 15) is 9.59 Å². The molecule has 2 aromatic rings. The number of anilines is 2. The van der Waals surface area contributed by atoms with E-state index >= 15 is 0 Å². The molecular weight excluding hydrogens is 418 g/mol. The molecule has 1 N–H and O–H groups in total. The van der Waals surface area contributed by atoms with E-state index in [0.717, 1.165) is 43.7 Å². The van der Waals surface area contributed by atoms with E-state index in [1.807, 2.05) is 30.9 Å². The van der Waals surface area contributed by atoms with Crippen LogP contribution >= 0.6 is 11.6 Å². The molecule has 0 amide bonds. The number of likely N-dealkylation sites (tertiary alicyclic amines) is 1. The summed E-state index contributed by atoms with van der Waals surface area (Å²) in [6.07, 6.45) is 1.57. The van der Waals surface area contributed by atoms with Gasteiger partial charge >= 0.3 is 5.97 Å². The Morgan fingerprint density at radius 2 is 2.06 bits per heavy atom. The van der Waals surface area contributed by atoms with Crippen molar-refractivity contribution in [1.29, 1.82) is 0 Å². The summed E-state index contributed by atoms with van der Waals surface area (Å²) >= 11 is 6.40. The van der Waals surface area contributed by atoms with Gasteiger partial charge in [0.15, 0.2) is 11.2 Å². The molecule has 0 saturated carbocycles. The number of hydrogen-bond donors (Lipinski definition) is 1. The van der Waals surface area contributed by atoms with Gasteiger partial charge in [-0.3, -0.25) is 9.59 Å². The molecule has 0 spiro atoms. The van der Waals surface area contributed by atoms with Crippen molar-refractivity contribution in [3.63, 3.8) is 0 Å². The third-order valence-electron chi connectivity index (χ3n) is 5.81. The van der Waals surface area contributed by atoms with E-state index in [2.05, 4.69) is 26.4 Å². The standard InChI is InChI=1S/C22H26ClN5O3/c1-4-31-22(30)15-5-7-27(8-6-15)9-10-28-18-12-16(23)13(2)11-17(18)26-19-20(28)24-14(3)25-21(19)29/h11-12,15H,3-10H2,1-2H3,(H,25,29). The highest BCUT2D eigenvalue weighted by atomic mass is 35.5. The number of ether oxygens (including phenoxy) is 1. The Hall–Kier alpha value is -2.71.